The first-order valence-corrected chi connectivity index (χ1v) is 23.7. The highest BCUT2D eigenvalue weighted by molar-refractivity contribution is 7.47. The van der Waals surface area contributed by atoms with Crippen LogP contribution < -0.4 is 0 Å². The summed E-state index contributed by atoms with van der Waals surface area (Å²) < 4.78 is 33.3. The Labute approximate surface area is 359 Å². The van der Waals surface area contributed by atoms with Gasteiger partial charge in [-0.2, -0.15) is 0 Å². The van der Waals surface area contributed by atoms with Crippen molar-refractivity contribution in [1.82, 2.24) is 4.90 Å². The predicted octanol–water partition coefficient (Wildman–Crippen LogP) is 13.0. The van der Waals surface area contributed by atoms with Gasteiger partial charge >= 0.3 is 19.8 Å². The number of rotatable bonds is 39. The molecule has 334 valence electrons. The van der Waals surface area contributed by atoms with Crippen LogP contribution in [0.25, 0.3) is 0 Å². The van der Waals surface area contributed by atoms with Crippen LogP contribution in [0.4, 0.5) is 0 Å². The van der Waals surface area contributed by atoms with E-state index in [0.29, 0.717) is 25.8 Å². The lowest BCUT2D eigenvalue weighted by Crippen LogP contribution is -2.29. The predicted molar refractivity (Wildman–Crippen MR) is 247 cm³/mol. The minimum absolute atomic E-state index is 0.0202. The average Bonchev–Trinajstić information content (AvgIpc) is 3.20. The molecule has 10 heteroatoms. The molecule has 0 aromatic heterocycles. The zero-order valence-electron chi connectivity index (χ0n) is 37.1. The second-order valence-corrected chi connectivity index (χ2v) is 16.0. The van der Waals surface area contributed by atoms with Crippen LogP contribution in [0.3, 0.4) is 0 Å². The van der Waals surface area contributed by atoms with Gasteiger partial charge in [0.1, 0.15) is 6.61 Å². The van der Waals surface area contributed by atoms with E-state index in [1.807, 2.05) is 32.3 Å². The lowest BCUT2D eigenvalue weighted by molar-refractivity contribution is -0.161. The van der Waals surface area contributed by atoms with Crippen molar-refractivity contribution in [3.8, 4) is 0 Å². The van der Waals surface area contributed by atoms with Crippen LogP contribution in [0.15, 0.2) is 109 Å². The monoisotopic (exact) mass is 842 g/mol. The molecule has 0 spiro atoms. The molecule has 0 radical (unpaired) electrons. The molecular formula is C49H80NO8P. The maximum absolute atomic E-state index is 12.6. The van der Waals surface area contributed by atoms with Gasteiger partial charge in [0.05, 0.1) is 13.2 Å². The molecule has 0 aromatic carbocycles. The standard InChI is InChI=1S/C49H80NO8P/c1-5-7-9-11-13-15-17-19-21-23-24-26-27-29-31-33-35-37-39-41-48(51)55-45-47(46-57-59(53,54)56-44-43-50(3)4)58-49(52)42-40-38-36-34-32-30-28-25-22-20-18-16-14-12-10-8-6-2/h13-16,19-22,24,26,28-31,34-37,47H,5-12,17-18,23,25,27,32-33,38-46H2,1-4H3,(H,53,54)/b15-13-,16-14-,21-19-,22-20-,26-24-,30-28-,31-29-,36-34-,37-35-. The third-order valence-corrected chi connectivity index (χ3v) is 9.55. The highest BCUT2D eigenvalue weighted by atomic mass is 31.2. The third kappa shape index (κ3) is 44.1. The lowest BCUT2D eigenvalue weighted by atomic mass is 10.2. The van der Waals surface area contributed by atoms with Crippen molar-refractivity contribution >= 4 is 19.8 Å². The second-order valence-electron chi connectivity index (χ2n) is 14.5. The Bertz CT molecular complexity index is 1340. The van der Waals surface area contributed by atoms with Crippen LogP contribution >= 0.6 is 7.82 Å². The molecule has 0 aliphatic rings. The number of likely N-dealkylation sites (N-methyl/N-ethyl adjacent to an activating group) is 1. The Morgan fingerprint density at radius 2 is 0.932 bits per heavy atom. The molecule has 1 N–H and O–H groups in total. The lowest BCUT2D eigenvalue weighted by Gasteiger charge is -2.20. The van der Waals surface area contributed by atoms with Gasteiger partial charge in [0.15, 0.2) is 6.10 Å². The maximum atomic E-state index is 12.6. The molecule has 0 aliphatic heterocycles. The van der Waals surface area contributed by atoms with Crippen molar-refractivity contribution < 1.29 is 37.6 Å². The van der Waals surface area contributed by atoms with Gasteiger partial charge in [-0.3, -0.25) is 18.6 Å². The van der Waals surface area contributed by atoms with Crippen LogP contribution in [0.5, 0.6) is 0 Å². The third-order valence-electron chi connectivity index (χ3n) is 8.57. The molecule has 0 bridgehead atoms. The van der Waals surface area contributed by atoms with Gasteiger partial charge < -0.3 is 19.3 Å². The number of allylic oxidation sites excluding steroid dienone is 18. The Kier molecular flexibility index (Phi) is 40.4. The van der Waals surface area contributed by atoms with E-state index in [0.717, 1.165) is 51.4 Å². The first-order valence-electron chi connectivity index (χ1n) is 22.2. The van der Waals surface area contributed by atoms with E-state index < -0.39 is 32.5 Å². The zero-order valence-corrected chi connectivity index (χ0v) is 38.0. The summed E-state index contributed by atoms with van der Waals surface area (Å²) in [6.45, 7) is 4.09. The minimum Gasteiger partial charge on any atom is -0.462 e. The van der Waals surface area contributed by atoms with E-state index in [4.69, 9.17) is 18.5 Å². The van der Waals surface area contributed by atoms with Gasteiger partial charge in [0.2, 0.25) is 0 Å². The summed E-state index contributed by atoms with van der Waals surface area (Å²) in [5, 5.41) is 0. The largest absolute Gasteiger partial charge is 0.472 e. The average molecular weight is 842 g/mol. The molecule has 0 saturated carbocycles. The SMILES string of the molecule is CCCCC/C=C\C/C=C\C/C=C\C/C=C\C/C=C\CCC(=O)OCC(COP(=O)(O)OCCN(C)C)OC(=O)CCC/C=C\C/C=C\C/C=C\C/C=C\CCCCC. The summed E-state index contributed by atoms with van der Waals surface area (Å²) in [6.07, 6.45) is 55.9. The number of phosphoric acid groups is 1. The van der Waals surface area contributed by atoms with Crippen LogP contribution in [-0.2, 0) is 32.7 Å². The van der Waals surface area contributed by atoms with Crippen molar-refractivity contribution in [2.45, 2.75) is 148 Å². The van der Waals surface area contributed by atoms with Crippen LogP contribution in [-0.4, -0.2) is 68.3 Å². The van der Waals surface area contributed by atoms with Gasteiger partial charge in [-0.1, -0.05) is 149 Å². The molecule has 0 rings (SSSR count). The molecule has 0 heterocycles. The molecule has 9 nitrogen and oxygen atoms in total. The molecule has 0 amide bonds. The Morgan fingerprint density at radius 1 is 0.525 bits per heavy atom. The Hall–Kier alpha value is -3.33. The molecule has 2 unspecified atom stereocenters. The highest BCUT2D eigenvalue weighted by Crippen LogP contribution is 2.43. The molecule has 0 aliphatic carbocycles. The summed E-state index contributed by atoms with van der Waals surface area (Å²) in [6, 6.07) is 0. The maximum Gasteiger partial charge on any atom is 0.472 e. The van der Waals surface area contributed by atoms with Crippen LogP contribution in [0, 0.1) is 0 Å². The molecule has 59 heavy (non-hydrogen) atoms. The molecule has 0 fully saturated rings. The minimum atomic E-state index is -4.40. The topological polar surface area (TPSA) is 112 Å². The van der Waals surface area contributed by atoms with Crippen molar-refractivity contribution in [2.24, 2.45) is 0 Å². The van der Waals surface area contributed by atoms with Crippen molar-refractivity contribution in [3.05, 3.63) is 109 Å². The number of carbonyl (C=O) groups excluding carboxylic acids is 2. The van der Waals surface area contributed by atoms with Gasteiger partial charge in [-0.15, -0.1) is 0 Å². The van der Waals surface area contributed by atoms with Crippen LogP contribution in [0.1, 0.15) is 142 Å². The van der Waals surface area contributed by atoms with Crippen molar-refractivity contribution in [1.29, 1.82) is 0 Å². The smallest absolute Gasteiger partial charge is 0.462 e. The first kappa shape index (κ1) is 55.7. The molecular weight excluding hydrogens is 762 g/mol. The summed E-state index contributed by atoms with van der Waals surface area (Å²) >= 11 is 0. The number of carbonyl (C=O) groups is 2. The van der Waals surface area contributed by atoms with E-state index >= 15 is 0 Å². The number of unbranched alkanes of at least 4 members (excludes halogenated alkanes) is 7. The Balaban J connectivity index is 4.53. The van der Waals surface area contributed by atoms with Crippen LogP contribution in [0.2, 0.25) is 0 Å². The number of hydrogen-bond donors (Lipinski definition) is 1. The van der Waals surface area contributed by atoms with Crippen molar-refractivity contribution in [2.75, 3.05) is 40.5 Å². The van der Waals surface area contributed by atoms with E-state index in [1.165, 1.54) is 44.9 Å². The first-order chi connectivity index (χ1) is 28.7. The zero-order chi connectivity index (χ0) is 43.3. The summed E-state index contributed by atoms with van der Waals surface area (Å²) in [4.78, 5) is 37.0. The number of phosphoric ester groups is 1. The van der Waals surface area contributed by atoms with E-state index in [2.05, 4.69) is 105 Å². The molecule has 0 saturated heterocycles. The van der Waals surface area contributed by atoms with Gasteiger partial charge in [-0.25, -0.2) is 4.57 Å². The van der Waals surface area contributed by atoms with E-state index in [-0.39, 0.29) is 26.1 Å². The number of hydrogen-bond acceptors (Lipinski definition) is 8. The second kappa shape index (κ2) is 42.8. The van der Waals surface area contributed by atoms with Gasteiger partial charge in [0, 0.05) is 19.4 Å². The molecule has 2 atom stereocenters. The highest BCUT2D eigenvalue weighted by Gasteiger charge is 2.26. The fourth-order valence-corrected chi connectivity index (χ4v) is 5.87. The van der Waals surface area contributed by atoms with Gasteiger partial charge in [0.25, 0.3) is 0 Å². The summed E-state index contributed by atoms with van der Waals surface area (Å²) in [5.74, 6) is -0.977. The quantitative estimate of drug-likeness (QED) is 0.0280. The Morgan fingerprint density at radius 3 is 1.36 bits per heavy atom. The fourth-order valence-electron chi connectivity index (χ4n) is 5.13. The normalized spacial score (nSPS) is 14.4. The van der Waals surface area contributed by atoms with Crippen molar-refractivity contribution in [3.63, 3.8) is 0 Å². The number of ether oxygens (including phenoxy) is 2. The van der Waals surface area contributed by atoms with Gasteiger partial charge in [-0.05, 0) is 104 Å². The fraction of sp³-hybridized carbons (Fsp3) is 0.592. The van der Waals surface area contributed by atoms with E-state index in [9.17, 15) is 19.0 Å². The number of esters is 2. The number of nitrogens with zero attached hydrogens (tertiary/aromatic N) is 1. The molecule has 0 aromatic rings. The van der Waals surface area contributed by atoms with E-state index in [1.54, 1.807) is 4.90 Å². The summed E-state index contributed by atoms with van der Waals surface area (Å²) in [7, 11) is -0.786. The summed E-state index contributed by atoms with van der Waals surface area (Å²) in [5.41, 5.74) is 0.